The maximum Gasteiger partial charge on any atom is 0.573 e. The first-order valence-electron chi connectivity index (χ1n) is 5.36. The summed E-state index contributed by atoms with van der Waals surface area (Å²) in [5.74, 6) is -0.368. The van der Waals surface area contributed by atoms with E-state index in [0.717, 1.165) is 0 Å². The molecule has 0 aliphatic heterocycles. The van der Waals surface area contributed by atoms with Crippen molar-refractivity contribution >= 4 is 17.9 Å². The Morgan fingerprint density at radius 3 is 2.60 bits per heavy atom. The summed E-state index contributed by atoms with van der Waals surface area (Å²) in [6.45, 7) is 0. The summed E-state index contributed by atoms with van der Waals surface area (Å²) in [7, 11) is 0. The van der Waals surface area contributed by atoms with E-state index in [-0.39, 0.29) is 22.0 Å². The highest BCUT2D eigenvalue weighted by atomic mass is 35.5. The van der Waals surface area contributed by atoms with Gasteiger partial charge in [0.25, 0.3) is 0 Å². The molecule has 3 nitrogen and oxygen atoms in total. The predicted molar refractivity (Wildman–Crippen MR) is 66.8 cm³/mol. The third kappa shape index (κ3) is 3.48. The Morgan fingerprint density at radius 2 is 2.00 bits per heavy atom. The van der Waals surface area contributed by atoms with Crippen LogP contribution in [0.4, 0.5) is 13.2 Å². The highest BCUT2D eigenvalue weighted by Crippen LogP contribution is 2.30. The van der Waals surface area contributed by atoms with Crippen LogP contribution in [0.15, 0.2) is 36.5 Å². The van der Waals surface area contributed by atoms with E-state index in [2.05, 4.69) is 9.72 Å². The van der Waals surface area contributed by atoms with Crippen molar-refractivity contribution in [1.29, 1.82) is 0 Å². The number of carbonyl (C=O) groups is 1. The number of carbonyl (C=O) groups excluding carboxylic acids is 1. The normalized spacial score (nSPS) is 11.2. The van der Waals surface area contributed by atoms with Gasteiger partial charge in [0.05, 0.1) is 10.7 Å². The van der Waals surface area contributed by atoms with Crippen LogP contribution >= 0.6 is 11.6 Å². The first kappa shape index (κ1) is 14.3. The third-order valence-electron chi connectivity index (χ3n) is 2.34. The fraction of sp³-hybridized carbons (Fsp3) is 0.0769. The molecule has 1 aromatic carbocycles. The summed E-state index contributed by atoms with van der Waals surface area (Å²) < 4.78 is 40.3. The second kappa shape index (κ2) is 5.50. The van der Waals surface area contributed by atoms with E-state index in [1.807, 2.05) is 0 Å². The number of benzene rings is 1. The number of halogens is 4. The van der Waals surface area contributed by atoms with Crippen LogP contribution in [-0.4, -0.2) is 17.6 Å². The summed E-state index contributed by atoms with van der Waals surface area (Å²) in [4.78, 5) is 14.5. The van der Waals surface area contributed by atoms with E-state index in [9.17, 15) is 18.0 Å². The van der Waals surface area contributed by atoms with E-state index in [1.54, 1.807) is 0 Å². The first-order chi connectivity index (χ1) is 9.39. The number of hydrogen-bond donors (Lipinski definition) is 0. The van der Waals surface area contributed by atoms with Crippen molar-refractivity contribution in [2.24, 2.45) is 0 Å². The van der Waals surface area contributed by atoms with Gasteiger partial charge in [-0.3, -0.25) is 9.78 Å². The molecule has 1 aromatic heterocycles. The Morgan fingerprint density at radius 1 is 1.25 bits per heavy atom. The second-order valence-corrected chi connectivity index (χ2v) is 4.20. The van der Waals surface area contributed by atoms with E-state index in [0.29, 0.717) is 11.8 Å². The number of aromatic nitrogens is 1. The predicted octanol–water partition coefficient (Wildman–Crippen LogP) is 4.11. The van der Waals surface area contributed by atoms with E-state index < -0.39 is 6.36 Å². The average Bonchev–Trinajstić information content (AvgIpc) is 2.36. The Balaban J connectivity index is 2.38. The number of ether oxygens (including phenoxy) is 1. The number of nitrogens with zero attached hydrogens (tertiary/aromatic N) is 1. The van der Waals surface area contributed by atoms with E-state index >= 15 is 0 Å². The number of rotatable bonds is 3. The Hall–Kier alpha value is -2.08. The van der Waals surface area contributed by atoms with Crippen molar-refractivity contribution in [3.8, 4) is 17.0 Å². The molecule has 0 aliphatic carbocycles. The van der Waals surface area contributed by atoms with Gasteiger partial charge in [-0.25, -0.2) is 0 Å². The van der Waals surface area contributed by atoms with Gasteiger partial charge in [-0.05, 0) is 18.2 Å². The second-order valence-electron chi connectivity index (χ2n) is 3.79. The quantitative estimate of drug-likeness (QED) is 0.801. The SMILES string of the molecule is O=Cc1cnc(-c2cccc(OC(F)(F)F)c2)c(Cl)c1. The molecule has 0 aliphatic rings. The van der Waals surface area contributed by atoms with Crippen LogP contribution in [0.3, 0.4) is 0 Å². The van der Waals surface area contributed by atoms with Crippen molar-refractivity contribution in [2.45, 2.75) is 6.36 Å². The minimum absolute atomic E-state index is 0.166. The highest BCUT2D eigenvalue weighted by Gasteiger charge is 2.31. The molecule has 0 saturated heterocycles. The molecule has 104 valence electrons. The maximum atomic E-state index is 12.2. The van der Waals surface area contributed by atoms with E-state index in [1.165, 1.54) is 36.5 Å². The first-order valence-corrected chi connectivity index (χ1v) is 5.74. The van der Waals surface area contributed by atoms with Gasteiger partial charge in [-0.15, -0.1) is 13.2 Å². The lowest BCUT2D eigenvalue weighted by atomic mass is 10.1. The molecular weight excluding hydrogens is 295 g/mol. The van der Waals surface area contributed by atoms with Gasteiger partial charge in [0, 0.05) is 17.3 Å². The lowest BCUT2D eigenvalue weighted by molar-refractivity contribution is -0.274. The Bertz CT molecular complexity index is 644. The zero-order chi connectivity index (χ0) is 14.8. The summed E-state index contributed by atoms with van der Waals surface area (Å²) in [5.41, 5.74) is 0.903. The highest BCUT2D eigenvalue weighted by molar-refractivity contribution is 6.33. The minimum Gasteiger partial charge on any atom is -0.406 e. The smallest absolute Gasteiger partial charge is 0.406 e. The van der Waals surface area contributed by atoms with Crippen molar-refractivity contribution in [1.82, 2.24) is 4.98 Å². The Labute approximate surface area is 117 Å². The fourth-order valence-corrected chi connectivity index (χ4v) is 1.85. The fourth-order valence-electron chi connectivity index (χ4n) is 1.57. The lowest BCUT2D eigenvalue weighted by Gasteiger charge is -2.10. The molecule has 0 saturated carbocycles. The zero-order valence-electron chi connectivity index (χ0n) is 9.82. The summed E-state index contributed by atoms with van der Waals surface area (Å²) in [5, 5.41) is 0.166. The molecule has 0 spiro atoms. The minimum atomic E-state index is -4.77. The van der Waals surface area contributed by atoms with Gasteiger partial charge < -0.3 is 4.74 Å². The standard InChI is InChI=1S/C13H7ClF3NO2/c14-11-4-8(7-19)6-18-12(11)9-2-1-3-10(5-9)20-13(15,16)17/h1-7H. The van der Waals surface area contributed by atoms with Crippen LogP contribution in [0, 0.1) is 0 Å². The molecule has 0 atom stereocenters. The molecule has 0 bridgehead atoms. The van der Waals surface area contributed by atoms with Gasteiger partial charge in [0.2, 0.25) is 0 Å². The van der Waals surface area contributed by atoms with Crippen LogP contribution in [0.2, 0.25) is 5.02 Å². The van der Waals surface area contributed by atoms with Crippen molar-refractivity contribution < 1.29 is 22.7 Å². The summed E-state index contributed by atoms with van der Waals surface area (Å²) >= 11 is 5.94. The molecule has 0 fully saturated rings. The molecular formula is C13H7ClF3NO2. The molecule has 0 unspecified atom stereocenters. The number of hydrogen-bond acceptors (Lipinski definition) is 3. The van der Waals surface area contributed by atoms with Crippen LogP contribution in [0.5, 0.6) is 5.75 Å². The van der Waals surface area contributed by atoms with Gasteiger partial charge in [0.1, 0.15) is 5.75 Å². The molecule has 2 rings (SSSR count). The monoisotopic (exact) mass is 301 g/mol. The number of alkyl halides is 3. The maximum absolute atomic E-state index is 12.2. The number of aldehydes is 1. The van der Waals surface area contributed by atoms with Gasteiger partial charge in [-0.2, -0.15) is 0 Å². The molecule has 20 heavy (non-hydrogen) atoms. The van der Waals surface area contributed by atoms with Crippen LogP contribution in [-0.2, 0) is 0 Å². The Kier molecular flexibility index (Phi) is 3.94. The third-order valence-corrected chi connectivity index (χ3v) is 2.63. The summed E-state index contributed by atoms with van der Waals surface area (Å²) in [6, 6.07) is 6.65. The molecule has 0 N–H and O–H groups in total. The van der Waals surface area contributed by atoms with E-state index in [4.69, 9.17) is 11.6 Å². The summed E-state index contributed by atoms with van der Waals surface area (Å²) in [6.07, 6.45) is -2.91. The zero-order valence-corrected chi connectivity index (χ0v) is 10.6. The van der Waals surface area contributed by atoms with Gasteiger partial charge in [0.15, 0.2) is 6.29 Å². The molecule has 1 heterocycles. The van der Waals surface area contributed by atoms with Crippen LogP contribution in [0.25, 0.3) is 11.3 Å². The lowest BCUT2D eigenvalue weighted by Crippen LogP contribution is -2.17. The number of pyridine rings is 1. The van der Waals surface area contributed by atoms with Crippen LogP contribution in [0.1, 0.15) is 10.4 Å². The average molecular weight is 302 g/mol. The van der Waals surface area contributed by atoms with Crippen LogP contribution < -0.4 is 4.74 Å². The molecule has 0 amide bonds. The van der Waals surface area contributed by atoms with Gasteiger partial charge >= 0.3 is 6.36 Å². The topological polar surface area (TPSA) is 39.2 Å². The molecule has 7 heteroatoms. The molecule has 0 radical (unpaired) electrons. The molecule has 2 aromatic rings. The van der Waals surface area contributed by atoms with Gasteiger partial charge in [-0.1, -0.05) is 23.7 Å². The largest absolute Gasteiger partial charge is 0.573 e. The van der Waals surface area contributed by atoms with Crippen molar-refractivity contribution in [2.75, 3.05) is 0 Å². The van der Waals surface area contributed by atoms with Crippen molar-refractivity contribution in [3.05, 3.63) is 47.1 Å². The van der Waals surface area contributed by atoms with Crippen molar-refractivity contribution in [3.63, 3.8) is 0 Å².